The minimum Gasteiger partial charge on any atom is -0.339 e. The maximum absolute atomic E-state index is 12.2. The summed E-state index contributed by atoms with van der Waals surface area (Å²) in [4.78, 5) is 14.1. The summed E-state index contributed by atoms with van der Waals surface area (Å²) < 4.78 is 0. The highest BCUT2D eigenvalue weighted by atomic mass is 16.2. The second-order valence-electron chi connectivity index (χ2n) is 4.53. The highest BCUT2D eigenvalue weighted by Gasteiger charge is 2.28. The predicted molar refractivity (Wildman–Crippen MR) is 63.7 cm³/mol. The summed E-state index contributed by atoms with van der Waals surface area (Å²) in [6.07, 6.45) is 6.25. The number of hydrogen-bond acceptors (Lipinski definition) is 2. The molecule has 0 radical (unpaired) electrons. The Bertz CT molecular complexity index is 270. The van der Waals surface area contributed by atoms with Gasteiger partial charge in [0, 0.05) is 12.6 Å². The van der Waals surface area contributed by atoms with Crippen LogP contribution >= 0.6 is 0 Å². The fourth-order valence-corrected chi connectivity index (χ4v) is 2.41. The lowest BCUT2D eigenvalue weighted by Crippen LogP contribution is -2.42. The van der Waals surface area contributed by atoms with Gasteiger partial charge in [-0.3, -0.25) is 4.79 Å². The molecule has 1 amide bonds. The van der Waals surface area contributed by atoms with Gasteiger partial charge in [0.25, 0.3) is 0 Å². The molecule has 3 nitrogen and oxygen atoms in total. The van der Waals surface area contributed by atoms with Gasteiger partial charge in [0.2, 0.25) is 5.91 Å². The first-order valence-electron chi connectivity index (χ1n) is 6.44. The monoisotopic (exact) mass is 222 g/mol. The Morgan fingerprint density at radius 2 is 2.19 bits per heavy atom. The highest BCUT2D eigenvalue weighted by molar-refractivity contribution is 5.81. The molecule has 1 aliphatic rings. The second-order valence-corrected chi connectivity index (χ2v) is 4.53. The van der Waals surface area contributed by atoms with Crippen molar-refractivity contribution in [3.05, 3.63) is 0 Å². The molecule has 0 aliphatic carbocycles. The Morgan fingerprint density at radius 1 is 1.44 bits per heavy atom. The van der Waals surface area contributed by atoms with Crippen LogP contribution in [0.5, 0.6) is 0 Å². The predicted octanol–water partition coefficient (Wildman–Crippen LogP) is 2.72. The van der Waals surface area contributed by atoms with E-state index in [0.29, 0.717) is 12.5 Å². The van der Waals surface area contributed by atoms with Crippen LogP contribution in [0.3, 0.4) is 0 Å². The van der Waals surface area contributed by atoms with Crippen molar-refractivity contribution in [3.8, 4) is 6.07 Å². The molecule has 2 unspecified atom stereocenters. The molecule has 1 aliphatic heterocycles. The number of rotatable bonds is 3. The molecule has 0 N–H and O–H groups in total. The lowest BCUT2D eigenvalue weighted by molar-refractivity contribution is -0.136. The van der Waals surface area contributed by atoms with Crippen LogP contribution in [-0.4, -0.2) is 23.4 Å². The summed E-state index contributed by atoms with van der Waals surface area (Å²) in [6.45, 7) is 4.88. The van der Waals surface area contributed by atoms with Crippen molar-refractivity contribution >= 4 is 5.91 Å². The number of carbonyl (C=O) groups is 1. The Labute approximate surface area is 98.4 Å². The molecular weight excluding hydrogens is 200 g/mol. The van der Waals surface area contributed by atoms with Gasteiger partial charge in [-0.15, -0.1) is 0 Å². The van der Waals surface area contributed by atoms with E-state index in [1.165, 1.54) is 12.8 Å². The fourth-order valence-electron chi connectivity index (χ4n) is 2.41. The van der Waals surface area contributed by atoms with Crippen LogP contribution in [0.25, 0.3) is 0 Å². The Kier molecular flexibility index (Phi) is 5.31. The minimum atomic E-state index is -0.438. The number of amides is 1. The first-order valence-corrected chi connectivity index (χ1v) is 6.44. The molecule has 90 valence electrons. The van der Waals surface area contributed by atoms with Gasteiger partial charge in [0.15, 0.2) is 0 Å². The van der Waals surface area contributed by atoms with E-state index in [2.05, 4.69) is 13.0 Å². The summed E-state index contributed by atoms with van der Waals surface area (Å²) >= 11 is 0. The van der Waals surface area contributed by atoms with E-state index in [0.717, 1.165) is 25.8 Å². The number of carbonyl (C=O) groups excluding carboxylic acids is 1. The molecule has 0 aromatic rings. The van der Waals surface area contributed by atoms with E-state index in [-0.39, 0.29) is 5.91 Å². The summed E-state index contributed by atoms with van der Waals surface area (Å²) in [6, 6.07) is 2.48. The van der Waals surface area contributed by atoms with Gasteiger partial charge in [-0.25, -0.2) is 0 Å². The maximum atomic E-state index is 12.2. The molecule has 2 atom stereocenters. The molecule has 1 saturated heterocycles. The van der Waals surface area contributed by atoms with Crippen molar-refractivity contribution in [1.82, 2.24) is 4.90 Å². The van der Waals surface area contributed by atoms with Gasteiger partial charge in [-0.05, 0) is 25.7 Å². The minimum absolute atomic E-state index is 0.0544. The van der Waals surface area contributed by atoms with Gasteiger partial charge in [0.05, 0.1) is 6.07 Å². The molecule has 3 heteroatoms. The molecule has 1 heterocycles. The lowest BCUT2D eigenvalue weighted by atomic mass is 10.0. The summed E-state index contributed by atoms with van der Waals surface area (Å²) in [5.41, 5.74) is 0. The molecular formula is C13H22N2O. The van der Waals surface area contributed by atoms with E-state index in [9.17, 15) is 4.79 Å². The Morgan fingerprint density at radius 3 is 2.75 bits per heavy atom. The number of hydrogen-bond donors (Lipinski definition) is 0. The maximum Gasteiger partial charge on any atom is 0.240 e. The Balaban J connectivity index is 2.73. The molecule has 1 rings (SSSR count). The lowest BCUT2D eigenvalue weighted by Gasteiger charge is -2.30. The second kappa shape index (κ2) is 6.52. The molecule has 0 aromatic carbocycles. The molecule has 0 aromatic heterocycles. The third kappa shape index (κ3) is 2.98. The zero-order chi connectivity index (χ0) is 12.0. The van der Waals surface area contributed by atoms with E-state index in [4.69, 9.17) is 5.26 Å². The fraction of sp³-hybridized carbons (Fsp3) is 0.846. The quantitative estimate of drug-likeness (QED) is 0.737. The zero-order valence-electron chi connectivity index (χ0n) is 10.4. The summed E-state index contributed by atoms with van der Waals surface area (Å²) in [5, 5.41) is 8.96. The van der Waals surface area contributed by atoms with E-state index in [1.54, 1.807) is 0 Å². The topological polar surface area (TPSA) is 44.1 Å². The summed E-state index contributed by atoms with van der Waals surface area (Å²) in [5.74, 6) is -0.383. The van der Waals surface area contributed by atoms with E-state index < -0.39 is 5.92 Å². The number of likely N-dealkylation sites (tertiary alicyclic amines) is 1. The highest BCUT2D eigenvalue weighted by Crippen LogP contribution is 2.21. The standard InChI is InChI=1S/C13H22N2O/c1-3-11(10-14)13(16)15-9-7-5-6-8-12(15)4-2/h11-12H,3-9H2,1-2H3. The van der Waals surface area contributed by atoms with Crippen LogP contribution in [0.2, 0.25) is 0 Å². The third-order valence-corrected chi connectivity index (χ3v) is 3.49. The number of nitriles is 1. The van der Waals surface area contributed by atoms with Crippen LogP contribution in [0.1, 0.15) is 52.4 Å². The van der Waals surface area contributed by atoms with Crippen LogP contribution in [0, 0.1) is 17.2 Å². The molecule has 0 bridgehead atoms. The molecule has 0 saturated carbocycles. The molecule has 16 heavy (non-hydrogen) atoms. The smallest absolute Gasteiger partial charge is 0.240 e. The van der Waals surface area contributed by atoms with Crippen LogP contribution in [0.15, 0.2) is 0 Å². The van der Waals surface area contributed by atoms with Crippen molar-refractivity contribution in [1.29, 1.82) is 5.26 Å². The summed E-state index contributed by atoms with van der Waals surface area (Å²) in [7, 11) is 0. The van der Waals surface area contributed by atoms with Gasteiger partial charge < -0.3 is 4.90 Å². The first-order chi connectivity index (χ1) is 7.74. The van der Waals surface area contributed by atoms with Gasteiger partial charge in [0.1, 0.15) is 5.92 Å². The average Bonchev–Trinajstić information content (AvgIpc) is 2.55. The zero-order valence-corrected chi connectivity index (χ0v) is 10.4. The Hall–Kier alpha value is -1.04. The normalized spacial score (nSPS) is 23.3. The van der Waals surface area contributed by atoms with Crippen molar-refractivity contribution in [2.75, 3.05) is 6.54 Å². The largest absolute Gasteiger partial charge is 0.339 e. The van der Waals surface area contributed by atoms with E-state index >= 15 is 0 Å². The number of nitrogens with zero attached hydrogens (tertiary/aromatic N) is 2. The van der Waals surface area contributed by atoms with Crippen molar-refractivity contribution < 1.29 is 4.79 Å². The van der Waals surface area contributed by atoms with E-state index in [1.807, 2.05) is 11.8 Å². The SMILES string of the molecule is CCC(C#N)C(=O)N1CCCCCC1CC. The van der Waals surface area contributed by atoms with Gasteiger partial charge >= 0.3 is 0 Å². The van der Waals surface area contributed by atoms with Gasteiger partial charge in [-0.1, -0.05) is 26.7 Å². The average molecular weight is 222 g/mol. The van der Waals surface area contributed by atoms with Crippen LogP contribution in [0.4, 0.5) is 0 Å². The molecule has 1 fully saturated rings. The van der Waals surface area contributed by atoms with Gasteiger partial charge in [-0.2, -0.15) is 5.26 Å². The van der Waals surface area contributed by atoms with Crippen LogP contribution < -0.4 is 0 Å². The van der Waals surface area contributed by atoms with Crippen molar-refractivity contribution in [3.63, 3.8) is 0 Å². The third-order valence-electron chi connectivity index (χ3n) is 3.49. The molecule has 0 spiro atoms. The van der Waals surface area contributed by atoms with Crippen LogP contribution in [-0.2, 0) is 4.79 Å². The first kappa shape index (κ1) is 13.0. The van der Waals surface area contributed by atoms with Crippen molar-refractivity contribution in [2.24, 2.45) is 5.92 Å². The van der Waals surface area contributed by atoms with Crippen molar-refractivity contribution in [2.45, 2.75) is 58.4 Å².